The van der Waals surface area contributed by atoms with E-state index in [0.29, 0.717) is 13.2 Å². The van der Waals surface area contributed by atoms with Gasteiger partial charge in [-0.1, -0.05) is 12.1 Å². The molecule has 1 aliphatic rings. The van der Waals surface area contributed by atoms with E-state index in [4.69, 9.17) is 10.6 Å². The van der Waals surface area contributed by atoms with Crippen LogP contribution >= 0.6 is 0 Å². The van der Waals surface area contributed by atoms with Gasteiger partial charge in [0.25, 0.3) is 0 Å². The fourth-order valence-electron chi connectivity index (χ4n) is 2.74. The number of nitrogens with zero attached hydrogens (tertiary/aromatic N) is 1. The van der Waals surface area contributed by atoms with Crippen molar-refractivity contribution in [1.29, 1.82) is 0 Å². The van der Waals surface area contributed by atoms with Crippen LogP contribution in [0.1, 0.15) is 25.5 Å². The summed E-state index contributed by atoms with van der Waals surface area (Å²) in [6.07, 6.45) is 0. The maximum atomic E-state index is 14.0. The van der Waals surface area contributed by atoms with Crippen LogP contribution < -0.4 is 11.3 Å². The molecule has 1 saturated heterocycles. The normalized spacial score (nSPS) is 19.1. The molecule has 0 saturated carbocycles. The molecule has 0 aliphatic carbocycles. The van der Waals surface area contributed by atoms with Crippen LogP contribution in [0, 0.1) is 11.6 Å². The predicted octanol–water partition coefficient (Wildman–Crippen LogP) is 1.58. The minimum atomic E-state index is -0.861. The molecule has 2 rings (SSSR count). The molecule has 0 amide bonds. The first-order valence-corrected chi connectivity index (χ1v) is 6.71. The van der Waals surface area contributed by atoms with Crippen LogP contribution in [-0.2, 0) is 4.74 Å². The Morgan fingerprint density at radius 1 is 1.30 bits per heavy atom. The number of morpholine rings is 1. The topological polar surface area (TPSA) is 50.5 Å². The summed E-state index contributed by atoms with van der Waals surface area (Å²) in [5.74, 6) is 3.91. The molecule has 1 aromatic carbocycles. The van der Waals surface area contributed by atoms with Crippen LogP contribution in [0.15, 0.2) is 18.2 Å². The highest BCUT2D eigenvalue weighted by molar-refractivity contribution is 5.25. The standard InChI is InChI=1S/C14H21F2N3O/c1-14(2,19-6-8-20-9-7-19)13(18-17)10-4-3-5-11(15)12(10)16/h3-5,13,18H,6-9,17H2,1-2H3. The lowest BCUT2D eigenvalue weighted by atomic mass is 9.86. The first-order valence-electron chi connectivity index (χ1n) is 6.71. The van der Waals surface area contributed by atoms with Crippen molar-refractivity contribution in [3.8, 4) is 0 Å². The largest absolute Gasteiger partial charge is 0.379 e. The Hall–Kier alpha value is -1.08. The number of hydrogen-bond donors (Lipinski definition) is 2. The average molecular weight is 285 g/mol. The van der Waals surface area contributed by atoms with E-state index in [1.165, 1.54) is 6.07 Å². The Morgan fingerprint density at radius 3 is 2.55 bits per heavy atom. The van der Waals surface area contributed by atoms with Crippen molar-refractivity contribution in [2.45, 2.75) is 25.4 Å². The molecule has 1 unspecified atom stereocenters. The Bertz CT molecular complexity index is 462. The smallest absolute Gasteiger partial charge is 0.163 e. The SMILES string of the molecule is CC(C)(C(NN)c1cccc(F)c1F)N1CCOCC1. The fourth-order valence-corrected chi connectivity index (χ4v) is 2.74. The Balaban J connectivity index is 2.32. The zero-order valence-electron chi connectivity index (χ0n) is 11.8. The van der Waals surface area contributed by atoms with Crippen molar-refractivity contribution in [3.05, 3.63) is 35.4 Å². The lowest BCUT2D eigenvalue weighted by Crippen LogP contribution is -2.57. The summed E-state index contributed by atoms with van der Waals surface area (Å²) in [6, 6.07) is 3.64. The quantitative estimate of drug-likeness (QED) is 0.651. The Morgan fingerprint density at radius 2 is 1.95 bits per heavy atom. The molecule has 0 bridgehead atoms. The van der Waals surface area contributed by atoms with Gasteiger partial charge in [-0.15, -0.1) is 0 Å². The summed E-state index contributed by atoms with van der Waals surface area (Å²) in [4.78, 5) is 2.17. The molecule has 0 aromatic heterocycles. The van der Waals surface area contributed by atoms with Crippen molar-refractivity contribution in [3.63, 3.8) is 0 Å². The van der Waals surface area contributed by atoms with Gasteiger partial charge >= 0.3 is 0 Å². The summed E-state index contributed by atoms with van der Waals surface area (Å²) in [6.45, 7) is 6.67. The van der Waals surface area contributed by atoms with Gasteiger partial charge in [0, 0.05) is 24.2 Å². The van der Waals surface area contributed by atoms with E-state index >= 15 is 0 Å². The van der Waals surface area contributed by atoms with E-state index in [1.54, 1.807) is 6.07 Å². The van der Waals surface area contributed by atoms with Crippen LogP contribution in [0.3, 0.4) is 0 Å². The zero-order valence-corrected chi connectivity index (χ0v) is 11.8. The van der Waals surface area contributed by atoms with E-state index in [2.05, 4.69) is 10.3 Å². The van der Waals surface area contributed by atoms with E-state index in [0.717, 1.165) is 19.2 Å². The van der Waals surface area contributed by atoms with Gasteiger partial charge in [0.05, 0.1) is 19.3 Å². The molecule has 1 aromatic rings. The number of hydrogen-bond acceptors (Lipinski definition) is 4. The van der Waals surface area contributed by atoms with Crippen LogP contribution in [0.4, 0.5) is 8.78 Å². The summed E-state index contributed by atoms with van der Waals surface area (Å²) in [7, 11) is 0. The van der Waals surface area contributed by atoms with Gasteiger partial charge in [-0.3, -0.25) is 16.2 Å². The molecule has 1 fully saturated rings. The van der Waals surface area contributed by atoms with Gasteiger partial charge in [-0.2, -0.15) is 0 Å². The highest BCUT2D eigenvalue weighted by Crippen LogP contribution is 2.33. The molecule has 1 atom stereocenters. The summed E-state index contributed by atoms with van der Waals surface area (Å²) < 4.78 is 32.8. The second-order valence-corrected chi connectivity index (χ2v) is 5.50. The lowest BCUT2D eigenvalue weighted by molar-refractivity contribution is -0.0243. The molecule has 3 N–H and O–H groups in total. The molecule has 1 aliphatic heterocycles. The van der Waals surface area contributed by atoms with Crippen LogP contribution in [0.5, 0.6) is 0 Å². The first kappa shape index (κ1) is 15.3. The minimum absolute atomic E-state index is 0.240. The third kappa shape index (κ3) is 2.83. The second-order valence-electron chi connectivity index (χ2n) is 5.50. The van der Waals surface area contributed by atoms with E-state index in [-0.39, 0.29) is 5.56 Å². The van der Waals surface area contributed by atoms with Crippen molar-refractivity contribution in [2.24, 2.45) is 5.84 Å². The molecule has 6 heteroatoms. The molecule has 20 heavy (non-hydrogen) atoms. The fraction of sp³-hybridized carbons (Fsp3) is 0.571. The van der Waals surface area contributed by atoms with Crippen molar-refractivity contribution < 1.29 is 13.5 Å². The predicted molar refractivity (Wildman–Crippen MR) is 72.9 cm³/mol. The molecular formula is C14H21F2N3O. The third-order valence-corrected chi connectivity index (χ3v) is 3.99. The molecule has 112 valence electrons. The monoisotopic (exact) mass is 285 g/mol. The molecule has 4 nitrogen and oxygen atoms in total. The number of rotatable bonds is 4. The zero-order chi connectivity index (χ0) is 14.8. The van der Waals surface area contributed by atoms with Crippen molar-refractivity contribution in [2.75, 3.05) is 26.3 Å². The van der Waals surface area contributed by atoms with Crippen molar-refractivity contribution in [1.82, 2.24) is 10.3 Å². The second kappa shape index (κ2) is 6.13. The summed E-state index contributed by atoms with van der Waals surface area (Å²) in [5, 5.41) is 0. The number of hydrazine groups is 1. The number of benzene rings is 1. The first-order chi connectivity index (χ1) is 9.48. The van der Waals surface area contributed by atoms with E-state index < -0.39 is 23.2 Å². The Labute approximate surface area is 117 Å². The van der Waals surface area contributed by atoms with Gasteiger partial charge in [-0.25, -0.2) is 8.78 Å². The van der Waals surface area contributed by atoms with Gasteiger partial charge in [0.2, 0.25) is 0 Å². The van der Waals surface area contributed by atoms with E-state index in [9.17, 15) is 8.78 Å². The number of nitrogens with one attached hydrogen (secondary N) is 1. The average Bonchev–Trinajstić information content (AvgIpc) is 2.45. The van der Waals surface area contributed by atoms with Gasteiger partial charge in [-0.05, 0) is 19.9 Å². The minimum Gasteiger partial charge on any atom is -0.379 e. The van der Waals surface area contributed by atoms with Crippen LogP contribution in [-0.4, -0.2) is 36.7 Å². The third-order valence-electron chi connectivity index (χ3n) is 3.99. The van der Waals surface area contributed by atoms with Crippen LogP contribution in [0.2, 0.25) is 0 Å². The van der Waals surface area contributed by atoms with Crippen molar-refractivity contribution >= 4 is 0 Å². The van der Waals surface area contributed by atoms with Crippen LogP contribution in [0.25, 0.3) is 0 Å². The van der Waals surface area contributed by atoms with Gasteiger partial charge in [0.15, 0.2) is 11.6 Å². The van der Waals surface area contributed by atoms with Gasteiger partial charge < -0.3 is 4.74 Å². The molecule has 0 spiro atoms. The lowest BCUT2D eigenvalue weighted by Gasteiger charge is -2.45. The highest BCUT2D eigenvalue weighted by atomic mass is 19.2. The highest BCUT2D eigenvalue weighted by Gasteiger charge is 2.38. The molecular weight excluding hydrogens is 264 g/mol. The number of nitrogens with two attached hydrogens (primary N) is 1. The number of halogens is 2. The Kier molecular flexibility index (Phi) is 4.70. The maximum Gasteiger partial charge on any atom is 0.163 e. The number of ether oxygens (including phenoxy) is 1. The maximum absolute atomic E-state index is 14.0. The van der Waals surface area contributed by atoms with Gasteiger partial charge in [0.1, 0.15) is 0 Å². The molecule has 0 radical (unpaired) electrons. The summed E-state index contributed by atoms with van der Waals surface area (Å²) in [5.41, 5.74) is 2.41. The van der Waals surface area contributed by atoms with E-state index in [1.807, 2.05) is 13.8 Å². The summed E-state index contributed by atoms with van der Waals surface area (Å²) >= 11 is 0. The molecule has 1 heterocycles.